The minimum atomic E-state index is -0.886. The maximum atomic E-state index is 13.5. The minimum absolute atomic E-state index is 0.0184. The number of amides is 1. The van der Waals surface area contributed by atoms with Crippen molar-refractivity contribution in [2.75, 3.05) is 4.90 Å². The molecule has 0 aliphatic carbocycles. The number of hydrogen-bond donors (Lipinski definition) is 1. The summed E-state index contributed by atoms with van der Waals surface area (Å²) in [6.07, 6.45) is 0. The number of thioether (sulfide) groups is 1. The highest BCUT2D eigenvalue weighted by atomic mass is 35.5. The number of hydrogen-bond acceptors (Lipinski definition) is 8. The fraction of sp³-hybridized carbons (Fsp3) is 0.118. The van der Waals surface area contributed by atoms with Gasteiger partial charge in [0.1, 0.15) is 18.1 Å². The zero-order valence-electron chi connectivity index (χ0n) is 23.5. The lowest BCUT2D eigenvalue weighted by Gasteiger charge is -2.22. The fourth-order valence-electron chi connectivity index (χ4n) is 4.93. The predicted molar refractivity (Wildman–Crippen MR) is 174 cm³/mol. The molecule has 0 spiro atoms. The summed E-state index contributed by atoms with van der Waals surface area (Å²) in [5.41, 5.74) is 4.17. The summed E-state index contributed by atoms with van der Waals surface area (Å²) < 4.78 is 6.54. The molecule has 220 valence electrons. The first-order valence-corrected chi connectivity index (χ1v) is 15.9. The van der Waals surface area contributed by atoms with Crippen LogP contribution in [-0.4, -0.2) is 27.0 Å². The normalized spacial score (nSPS) is 16.0. The Morgan fingerprint density at radius 3 is 2.45 bits per heavy atom. The SMILES string of the molecule is Cc1cccc(COc2ccc(C(O)=C3C(=O)C(=O)N(c4nnc(SCc5ccccc5Cl)s4)C3c3ccccc3)cc2)c1. The van der Waals surface area contributed by atoms with E-state index in [1.807, 2.05) is 79.7 Å². The zero-order valence-corrected chi connectivity index (χ0v) is 25.9. The number of aryl methyl sites for hydroxylation is 1. The number of carbonyl (C=O) groups is 2. The number of nitrogens with zero attached hydrogens (tertiary/aromatic N) is 3. The van der Waals surface area contributed by atoms with E-state index < -0.39 is 17.7 Å². The molecule has 5 aromatic rings. The van der Waals surface area contributed by atoms with Crippen molar-refractivity contribution in [2.24, 2.45) is 0 Å². The van der Waals surface area contributed by atoms with Crippen LogP contribution in [0.5, 0.6) is 5.75 Å². The zero-order chi connectivity index (χ0) is 30.6. The van der Waals surface area contributed by atoms with E-state index in [2.05, 4.69) is 16.3 Å². The topological polar surface area (TPSA) is 92.6 Å². The number of aromatic nitrogens is 2. The Hall–Kier alpha value is -4.44. The largest absolute Gasteiger partial charge is 0.507 e. The van der Waals surface area contributed by atoms with Crippen LogP contribution >= 0.6 is 34.7 Å². The molecule has 7 nitrogen and oxygen atoms in total. The average Bonchev–Trinajstić information content (AvgIpc) is 3.61. The van der Waals surface area contributed by atoms with E-state index in [1.165, 1.54) is 28.0 Å². The van der Waals surface area contributed by atoms with E-state index >= 15 is 0 Å². The molecule has 1 saturated heterocycles. The smallest absolute Gasteiger partial charge is 0.301 e. The van der Waals surface area contributed by atoms with Crippen molar-refractivity contribution in [3.63, 3.8) is 0 Å². The molecule has 1 N–H and O–H groups in total. The second-order valence-corrected chi connectivity index (χ2v) is 12.7. The summed E-state index contributed by atoms with van der Waals surface area (Å²) >= 11 is 8.94. The second kappa shape index (κ2) is 13.1. The van der Waals surface area contributed by atoms with Crippen LogP contribution in [0.1, 0.15) is 33.9 Å². The Labute approximate surface area is 267 Å². The van der Waals surface area contributed by atoms with Gasteiger partial charge in [-0.25, -0.2) is 0 Å². The molecule has 44 heavy (non-hydrogen) atoms. The van der Waals surface area contributed by atoms with Crippen molar-refractivity contribution in [1.82, 2.24) is 10.2 Å². The number of aliphatic hydroxyl groups is 1. The van der Waals surface area contributed by atoms with E-state index in [9.17, 15) is 14.7 Å². The first-order chi connectivity index (χ1) is 21.4. The van der Waals surface area contributed by atoms with Crippen molar-refractivity contribution < 1.29 is 19.4 Å². The van der Waals surface area contributed by atoms with E-state index in [0.29, 0.717) is 38.6 Å². The Bertz CT molecular complexity index is 1860. The van der Waals surface area contributed by atoms with Crippen LogP contribution in [0.3, 0.4) is 0 Å². The summed E-state index contributed by atoms with van der Waals surface area (Å²) in [5, 5.41) is 20.9. The molecule has 1 aliphatic heterocycles. The van der Waals surface area contributed by atoms with Crippen molar-refractivity contribution in [1.29, 1.82) is 0 Å². The number of rotatable bonds is 9. The molecular weight excluding hydrogens is 614 g/mol. The van der Waals surface area contributed by atoms with E-state index in [-0.39, 0.29) is 16.5 Å². The second-order valence-electron chi connectivity index (χ2n) is 10.1. The predicted octanol–water partition coefficient (Wildman–Crippen LogP) is 8.00. The molecule has 1 fully saturated rings. The number of benzene rings is 4. The highest BCUT2D eigenvalue weighted by Gasteiger charge is 2.48. The Morgan fingerprint density at radius 1 is 0.955 bits per heavy atom. The van der Waals surface area contributed by atoms with Gasteiger partial charge in [0.25, 0.3) is 5.78 Å². The maximum absolute atomic E-state index is 13.5. The van der Waals surface area contributed by atoms with Gasteiger partial charge in [0.15, 0.2) is 4.34 Å². The number of anilines is 1. The lowest BCUT2D eigenvalue weighted by atomic mass is 9.95. The van der Waals surface area contributed by atoms with Gasteiger partial charge in [-0.2, -0.15) is 0 Å². The monoisotopic (exact) mass is 639 g/mol. The molecule has 10 heteroatoms. The molecule has 2 heterocycles. The Balaban J connectivity index is 1.28. The highest BCUT2D eigenvalue weighted by molar-refractivity contribution is 8.00. The van der Waals surface area contributed by atoms with Gasteiger partial charge in [-0.1, -0.05) is 113 Å². The van der Waals surface area contributed by atoms with Gasteiger partial charge in [0, 0.05) is 16.3 Å². The van der Waals surface area contributed by atoms with Gasteiger partial charge in [-0.15, -0.1) is 10.2 Å². The highest BCUT2D eigenvalue weighted by Crippen LogP contribution is 2.44. The van der Waals surface area contributed by atoms with Gasteiger partial charge in [0.2, 0.25) is 5.13 Å². The van der Waals surface area contributed by atoms with Crippen LogP contribution in [0.2, 0.25) is 5.02 Å². The van der Waals surface area contributed by atoms with E-state index in [0.717, 1.165) is 16.7 Å². The van der Waals surface area contributed by atoms with Gasteiger partial charge in [-0.3, -0.25) is 14.5 Å². The third kappa shape index (κ3) is 6.26. The number of halogens is 1. The van der Waals surface area contributed by atoms with Crippen molar-refractivity contribution in [3.05, 3.63) is 142 Å². The molecule has 0 radical (unpaired) electrons. The van der Waals surface area contributed by atoms with Crippen molar-refractivity contribution >= 4 is 57.3 Å². The molecule has 1 amide bonds. The van der Waals surface area contributed by atoms with E-state index in [4.69, 9.17) is 16.3 Å². The minimum Gasteiger partial charge on any atom is -0.507 e. The van der Waals surface area contributed by atoms with Crippen molar-refractivity contribution in [3.8, 4) is 5.75 Å². The number of carbonyl (C=O) groups excluding carboxylic acids is 2. The molecule has 1 aliphatic rings. The molecule has 0 bridgehead atoms. The number of ether oxygens (including phenoxy) is 1. The third-order valence-electron chi connectivity index (χ3n) is 7.09. The lowest BCUT2D eigenvalue weighted by molar-refractivity contribution is -0.132. The van der Waals surface area contributed by atoms with Crippen LogP contribution in [0.15, 0.2) is 113 Å². The van der Waals surface area contributed by atoms with Crippen molar-refractivity contribution in [2.45, 2.75) is 29.7 Å². The number of aliphatic hydroxyl groups excluding tert-OH is 1. The standard InChI is InChI=1S/C34H26ClN3O4S2/c1-21-8-7-9-22(18-21)19-42-26-16-14-24(15-17-26)30(39)28-29(23-10-3-2-4-11-23)38(32(41)31(28)40)33-36-37-34(44-33)43-20-25-12-5-6-13-27(25)35/h2-18,29,39H,19-20H2,1H3. The number of Topliss-reactive ketones (excluding diaryl/α,β-unsaturated/α-hetero) is 1. The molecule has 1 unspecified atom stereocenters. The summed E-state index contributed by atoms with van der Waals surface area (Å²) in [7, 11) is 0. The molecule has 1 aromatic heterocycles. The van der Waals surface area contributed by atoms with Crippen LogP contribution in [-0.2, 0) is 21.9 Å². The van der Waals surface area contributed by atoms with Crippen LogP contribution in [0.25, 0.3) is 5.76 Å². The maximum Gasteiger partial charge on any atom is 0.301 e. The summed E-state index contributed by atoms with van der Waals surface area (Å²) in [6, 6.07) is 30.6. The molecular formula is C34H26ClN3O4S2. The van der Waals surface area contributed by atoms with Crippen LogP contribution in [0, 0.1) is 6.92 Å². The summed E-state index contributed by atoms with van der Waals surface area (Å²) in [6.45, 7) is 2.42. The fourth-order valence-corrected chi connectivity index (χ4v) is 7.08. The van der Waals surface area contributed by atoms with Gasteiger partial charge in [-0.05, 0) is 53.9 Å². The summed E-state index contributed by atoms with van der Waals surface area (Å²) in [5.74, 6) is -0.671. The molecule has 4 aromatic carbocycles. The average molecular weight is 640 g/mol. The Morgan fingerprint density at radius 2 is 1.70 bits per heavy atom. The quantitative estimate of drug-likeness (QED) is 0.0574. The Kier molecular flexibility index (Phi) is 8.79. The van der Waals surface area contributed by atoms with E-state index in [1.54, 1.807) is 24.3 Å². The third-order valence-corrected chi connectivity index (χ3v) is 9.56. The first-order valence-electron chi connectivity index (χ1n) is 13.7. The van der Waals surface area contributed by atoms with Gasteiger partial charge in [0.05, 0.1) is 11.6 Å². The molecule has 1 atom stereocenters. The number of ketones is 1. The first kappa shape index (κ1) is 29.6. The molecule has 6 rings (SSSR count). The van der Waals surface area contributed by atoms with Crippen LogP contribution in [0.4, 0.5) is 5.13 Å². The summed E-state index contributed by atoms with van der Waals surface area (Å²) in [4.78, 5) is 28.3. The lowest BCUT2D eigenvalue weighted by Crippen LogP contribution is -2.29. The molecule has 0 saturated carbocycles. The van der Waals surface area contributed by atoms with Crippen LogP contribution < -0.4 is 9.64 Å². The van der Waals surface area contributed by atoms with Gasteiger partial charge >= 0.3 is 5.91 Å². The van der Waals surface area contributed by atoms with Gasteiger partial charge < -0.3 is 9.84 Å².